The Balaban J connectivity index is 2.58. The summed E-state index contributed by atoms with van der Waals surface area (Å²) in [6.07, 6.45) is 1.30. The second-order valence-electron chi connectivity index (χ2n) is 2.81. The Labute approximate surface area is 91.8 Å². The number of hydrogen-bond donors (Lipinski definition) is 1. The average molecular weight is 275 g/mol. The summed E-state index contributed by atoms with van der Waals surface area (Å²) >= 11 is 2.87. The molecule has 0 amide bonds. The van der Waals surface area contributed by atoms with Gasteiger partial charge in [-0.1, -0.05) is 5.21 Å². The number of rotatable bonds is 1. The summed E-state index contributed by atoms with van der Waals surface area (Å²) in [5.41, 5.74) is 5.27. The number of nitrogen functional groups attached to an aromatic ring is 1. The van der Waals surface area contributed by atoms with Crippen molar-refractivity contribution in [2.75, 3.05) is 5.73 Å². The summed E-state index contributed by atoms with van der Waals surface area (Å²) < 4.78 is 27.7. The minimum atomic E-state index is -0.617. The number of nitrogens with two attached hydrogens (primary N) is 1. The predicted octanol–water partition coefficient (Wildman–Crippen LogP) is 1.89. The maximum Gasteiger partial charge on any atom is 0.166 e. The second-order valence-corrected chi connectivity index (χ2v) is 3.66. The fourth-order valence-electron chi connectivity index (χ4n) is 1.08. The number of aromatic nitrogens is 3. The standard InChI is InChI=1S/C8H5BrF2N4/c9-4-1-6(11)7(2-5(4)10)15-3-8(12)13-14-15/h1-3H,12H2. The maximum absolute atomic E-state index is 13.4. The lowest BCUT2D eigenvalue weighted by molar-refractivity contribution is 0.579. The van der Waals surface area contributed by atoms with E-state index in [9.17, 15) is 8.78 Å². The lowest BCUT2D eigenvalue weighted by Crippen LogP contribution is -2.00. The number of hydrogen-bond acceptors (Lipinski definition) is 3. The van der Waals surface area contributed by atoms with Crippen LogP contribution >= 0.6 is 15.9 Å². The van der Waals surface area contributed by atoms with Crippen LogP contribution in [0.15, 0.2) is 22.8 Å². The van der Waals surface area contributed by atoms with Crippen LogP contribution in [0.3, 0.4) is 0 Å². The van der Waals surface area contributed by atoms with Gasteiger partial charge in [-0.3, -0.25) is 0 Å². The molecule has 0 unspecified atom stereocenters. The van der Waals surface area contributed by atoms with Gasteiger partial charge < -0.3 is 5.73 Å². The highest BCUT2D eigenvalue weighted by Gasteiger charge is 2.11. The minimum absolute atomic E-state index is 0.0418. The van der Waals surface area contributed by atoms with E-state index in [2.05, 4.69) is 26.2 Å². The highest BCUT2D eigenvalue weighted by Crippen LogP contribution is 2.22. The van der Waals surface area contributed by atoms with Crippen LogP contribution in [0.4, 0.5) is 14.6 Å². The third-order valence-corrected chi connectivity index (χ3v) is 2.36. The molecule has 0 fully saturated rings. The van der Waals surface area contributed by atoms with Gasteiger partial charge in [-0.05, 0) is 22.0 Å². The van der Waals surface area contributed by atoms with Crippen LogP contribution in [0.5, 0.6) is 0 Å². The quantitative estimate of drug-likeness (QED) is 0.808. The summed E-state index contributed by atoms with van der Waals surface area (Å²) in [6, 6.07) is 2.02. The topological polar surface area (TPSA) is 56.7 Å². The second kappa shape index (κ2) is 3.58. The van der Waals surface area contributed by atoms with Crippen LogP contribution in [0.1, 0.15) is 0 Å². The maximum atomic E-state index is 13.4. The van der Waals surface area contributed by atoms with Gasteiger partial charge >= 0.3 is 0 Å². The van der Waals surface area contributed by atoms with E-state index in [4.69, 9.17) is 5.73 Å². The zero-order valence-electron chi connectivity index (χ0n) is 7.28. The van der Waals surface area contributed by atoms with Crippen molar-refractivity contribution in [3.63, 3.8) is 0 Å². The summed E-state index contributed by atoms with van der Waals surface area (Å²) in [6.45, 7) is 0. The molecule has 0 aliphatic rings. The molecule has 0 saturated heterocycles. The molecule has 0 spiro atoms. The predicted molar refractivity (Wildman–Crippen MR) is 53.4 cm³/mol. The van der Waals surface area contributed by atoms with Gasteiger partial charge in [0.1, 0.15) is 17.3 Å². The molecule has 1 aromatic heterocycles. The van der Waals surface area contributed by atoms with E-state index in [1.807, 2.05) is 0 Å². The van der Waals surface area contributed by atoms with Crippen molar-refractivity contribution in [1.29, 1.82) is 0 Å². The number of anilines is 1. The van der Waals surface area contributed by atoms with Crippen LogP contribution in [0, 0.1) is 11.6 Å². The molecule has 0 aliphatic heterocycles. The first kappa shape index (κ1) is 10.0. The van der Waals surface area contributed by atoms with Crippen molar-refractivity contribution in [2.45, 2.75) is 0 Å². The molecule has 7 heteroatoms. The van der Waals surface area contributed by atoms with Crippen LogP contribution in [0.2, 0.25) is 0 Å². The summed E-state index contributed by atoms with van der Waals surface area (Å²) in [5.74, 6) is -1.06. The molecule has 2 N–H and O–H groups in total. The normalized spacial score (nSPS) is 10.6. The van der Waals surface area contributed by atoms with Crippen molar-refractivity contribution in [1.82, 2.24) is 15.0 Å². The van der Waals surface area contributed by atoms with Gasteiger partial charge in [0, 0.05) is 6.07 Å². The monoisotopic (exact) mass is 274 g/mol. The van der Waals surface area contributed by atoms with Gasteiger partial charge in [0.2, 0.25) is 0 Å². The molecule has 78 valence electrons. The molecule has 1 aromatic carbocycles. The van der Waals surface area contributed by atoms with Gasteiger partial charge in [-0.25, -0.2) is 13.5 Å². The van der Waals surface area contributed by atoms with E-state index in [1.54, 1.807) is 0 Å². The first-order chi connectivity index (χ1) is 7.08. The molecule has 2 rings (SSSR count). The minimum Gasteiger partial charge on any atom is -0.381 e. The van der Waals surface area contributed by atoms with E-state index in [1.165, 1.54) is 6.20 Å². The van der Waals surface area contributed by atoms with Gasteiger partial charge in [-0.15, -0.1) is 5.10 Å². The zero-order chi connectivity index (χ0) is 11.0. The van der Waals surface area contributed by atoms with E-state index >= 15 is 0 Å². The smallest absolute Gasteiger partial charge is 0.166 e. The molecule has 0 saturated carbocycles. The Bertz CT molecular complexity index is 511. The third-order valence-electron chi connectivity index (χ3n) is 1.75. The first-order valence-corrected chi connectivity index (χ1v) is 4.70. The van der Waals surface area contributed by atoms with E-state index < -0.39 is 11.6 Å². The molecule has 0 atom stereocenters. The molecule has 2 aromatic rings. The Morgan fingerprint density at radius 3 is 2.60 bits per heavy atom. The Morgan fingerprint density at radius 1 is 1.27 bits per heavy atom. The van der Waals surface area contributed by atoms with Crippen molar-refractivity contribution in [3.8, 4) is 5.69 Å². The summed E-state index contributed by atoms with van der Waals surface area (Å²) in [5, 5.41) is 7.01. The lowest BCUT2D eigenvalue weighted by atomic mass is 10.3. The van der Waals surface area contributed by atoms with Crippen LogP contribution < -0.4 is 5.73 Å². The van der Waals surface area contributed by atoms with Gasteiger partial charge in [0.15, 0.2) is 5.82 Å². The molecular weight excluding hydrogens is 270 g/mol. The van der Waals surface area contributed by atoms with E-state index in [0.29, 0.717) is 0 Å². The molecule has 0 radical (unpaired) electrons. The third kappa shape index (κ3) is 1.82. The van der Waals surface area contributed by atoms with Gasteiger partial charge in [0.05, 0.1) is 10.7 Å². The molecule has 15 heavy (non-hydrogen) atoms. The lowest BCUT2D eigenvalue weighted by Gasteiger charge is -2.03. The molecule has 0 bridgehead atoms. The highest BCUT2D eigenvalue weighted by molar-refractivity contribution is 9.10. The highest BCUT2D eigenvalue weighted by atomic mass is 79.9. The molecular formula is C8H5BrF2N4. The van der Waals surface area contributed by atoms with Crippen LogP contribution in [0.25, 0.3) is 5.69 Å². The van der Waals surface area contributed by atoms with Crippen LogP contribution in [-0.2, 0) is 0 Å². The van der Waals surface area contributed by atoms with Gasteiger partial charge in [0.25, 0.3) is 0 Å². The summed E-state index contributed by atoms with van der Waals surface area (Å²) in [4.78, 5) is 0. The van der Waals surface area contributed by atoms with Crippen molar-refractivity contribution in [3.05, 3.63) is 34.4 Å². The Morgan fingerprint density at radius 2 is 2.00 bits per heavy atom. The molecule has 4 nitrogen and oxygen atoms in total. The van der Waals surface area contributed by atoms with E-state index in [-0.39, 0.29) is 16.0 Å². The Hall–Kier alpha value is -1.50. The zero-order valence-corrected chi connectivity index (χ0v) is 8.87. The van der Waals surface area contributed by atoms with E-state index in [0.717, 1.165) is 16.8 Å². The number of benzene rings is 1. The van der Waals surface area contributed by atoms with Crippen LogP contribution in [-0.4, -0.2) is 15.0 Å². The average Bonchev–Trinajstić information content (AvgIpc) is 2.58. The first-order valence-electron chi connectivity index (χ1n) is 3.90. The fraction of sp³-hybridized carbons (Fsp3) is 0. The molecule has 1 heterocycles. The SMILES string of the molecule is Nc1cn(-c2cc(F)c(Br)cc2F)nn1. The Kier molecular flexibility index (Phi) is 2.39. The molecule has 0 aliphatic carbocycles. The fourth-order valence-corrected chi connectivity index (χ4v) is 1.40. The van der Waals surface area contributed by atoms with Crippen molar-refractivity contribution < 1.29 is 8.78 Å². The largest absolute Gasteiger partial charge is 0.381 e. The number of halogens is 3. The van der Waals surface area contributed by atoms with Crippen molar-refractivity contribution >= 4 is 21.7 Å². The number of nitrogens with zero attached hydrogens (tertiary/aromatic N) is 3. The van der Waals surface area contributed by atoms with Crippen molar-refractivity contribution in [2.24, 2.45) is 0 Å². The summed E-state index contributed by atoms with van der Waals surface area (Å²) in [7, 11) is 0. The van der Waals surface area contributed by atoms with Gasteiger partial charge in [-0.2, -0.15) is 0 Å².